The Morgan fingerprint density at radius 2 is 1.93 bits per heavy atom. The van der Waals surface area contributed by atoms with Crippen LogP contribution in [0, 0.1) is 11.3 Å². The minimum absolute atomic E-state index is 0.00459. The van der Waals surface area contributed by atoms with Crippen LogP contribution < -0.4 is 4.74 Å². The summed E-state index contributed by atoms with van der Waals surface area (Å²) in [7, 11) is 1.36. The Hall–Kier alpha value is -4.82. The van der Waals surface area contributed by atoms with Crippen molar-refractivity contribution in [2.24, 2.45) is 0 Å². The molecule has 1 saturated heterocycles. The molecule has 4 aromatic rings. The minimum Gasteiger partial charge on any atom is -0.473 e. The number of pyridine rings is 1. The fraction of sp³-hybridized carbons (Fsp3) is 0.382. The number of carbonyl (C=O) groups is 1. The fourth-order valence-electron chi connectivity index (χ4n) is 4.35. The van der Waals surface area contributed by atoms with Gasteiger partial charge < -0.3 is 18.8 Å². The summed E-state index contributed by atoms with van der Waals surface area (Å²) in [5.74, 6) is 0.214. The molecule has 0 amide bonds. The highest BCUT2D eigenvalue weighted by Gasteiger charge is 2.23. The van der Waals surface area contributed by atoms with E-state index in [2.05, 4.69) is 14.6 Å². The highest BCUT2D eigenvalue weighted by atomic mass is 19.1. The molecule has 1 aromatic carbocycles. The molecule has 45 heavy (non-hydrogen) atoms. The van der Waals surface area contributed by atoms with Crippen LogP contribution in [0.15, 0.2) is 71.8 Å². The van der Waals surface area contributed by atoms with Crippen molar-refractivity contribution in [2.45, 2.75) is 67.2 Å². The molecule has 5 rings (SSSR count). The van der Waals surface area contributed by atoms with E-state index in [0.717, 1.165) is 35.4 Å². The molecule has 1 fully saturated rings. The zero-order valence-electron chi connectivity index (χ0n) is 27.0. The smallest absolute Gasteiger partial charge is 0.337 e. The summed E-state index contributed by atoms with van der Waals surface area (Å²) in [5.41, 5.74) is 4.11. The van der Waals surface area contributed by atoms with Gasteiger partial charge in [-0.25, -0.2) is 19.2 Å². The van der Waals surface area contributed by atoms with Gasteiger partial charge in [-0.2, -0.15) is 10.4 Å². The number of carbonyl (C=O) groups excluding carboxylic acids is 1. The molecular weight excluding hydrogens is 575 g/mol. The Labute approximate surface area is 263 Å². The SMILES string of the molecule is CC.CC.COC(=O)c1ccc2nc(Cn3cc(-c4cccc(OC/C(C)=C(F)/C=C(\C)C#N)n4)cn3)n(CC3CCO3)c2c1. The average molecular weight is 617 g/mol. The van der Waals surface area contributed by atoms with Crippen molar-refractivity contribution in [3.8, 4) is 23.2 Å². The van der Waals surface area contributed by atoms with Crippen molar-refractivity contribution in [1.29, 1.82) is 5.26 Å². The largest absolute Gasteiger partial charge is 0.473 e. The van der Waals surface area contributed by atoms with Crippen LogP contribution in [0.2, 0.25) is 0 Å². The highest BCUT2D eigenvalue weighted by Crippen LogP contribution is 2.25. The standard InChI is InChI=1S/C30H29FN6O4.2C2H6/c1-19(13-32)11-24(31)20(2)18-41-29-6-4-5-25(35-29)22-14-33-36(15-22)17-28-34-26-8-7-21(30(38)39-3)12-27(26)37(28)16-23-9-10-40-23;2*1-2/h4-8,11-12,14-15,23H,9-10,16-18H2,1-3H3;2*1-2H3/b19-11+,24-20-;;. The number of rotatable bonds is 10. The van der Waals surface area contributed by atoms with Gasteiger partial charge in [0.15, 0.2) is 0 Å². The summed E-state index contributed by atoms with van der Waals surface area (Å²) in [6, 6.07) is 12.6. The number of halogens is 1. The zero-order chi connectivity index (χ0) is 32.9. The maximum Gasteiger partial charge on any atom is 0.337 e. The molecule has 0 radical (unpaired) electrons. The van der Waals surface area contributed by atoms with Gasteiger partial charge in [-0.15, -0.1) is 0 Å². The maximum absolute atomic E-state index is 14.2. The quantitative estimate of drug-likeness (QED) is 0.106. The molecule has 11 heteroatoms. The first kappa shape index (κ1) is 34.7. The van der Waals surface area contributed by atoms with Crippen LogP contribution in [0.4, 0.5) is 4.39 Å². The Balaban J connectivity index is 0.00000133. The highest BCUT2D eigenvalue weighted by molar-refractivity contribution is 5.93. The lowest BCUT2D eigenvalue weighted by atomic mass is 10.1. The van der Waals surface area contributed by atoms with Gasteiger partial charge in [-0.05, 0) is 56.2 Å². The lowest BCUT2D eigenvalue weighted by Gasteiger charge is -2.27. The molecule has 0 bridgehead atoms. The first-order valence-corrected chi connectivity index (χ1v) is 15.1. The van der Waals surface area contributed by atoms with Crippen LogP contribution in [-0.2, 0) is 22.6 Å². The Morgan fingerprint density at radius 3 is 2.60 bits per heavy atom. The number of esters is 1. The van der Waals surface area contributed by atoms with Crippen molar-refractivity contribution >= 4 is 17.0 Å². The van der Waals surface area contributed by atoms with Crippen molar-refractivity contribution in [2.75, 3.05) is 20.3 Å². The zero-order valence-corrected chi connectivity index (χ0v) is 27.0. The van der Waals surface area contributed by atoms with Crippen LogP contribution in [-0.4, -0.2) is 56.7 Å². The Bertz CT molecular complexity index is 1690. The van der Waals surface area contributed by atoms with E-state index in [4.69, 9.17) is 24.5 Å². The summed E-state index contributed by atoms with van der Waals surface area (Å²) in [5, 5.41) is 13.4. The average Bonchev–Trinajstić information content (AvgIpc) is 3.67. The Kier molecular flexibility index (Phi) is 13.0. The van der Waals surface area contributed by atoms with E-state index < -0.39 is 11.8 Å². The van der Waals surface area contributed by atoms with Gasteiger partial charge >= 0.3 is 5.97 Å². The summed E-state index contributed by atoms with van der Waals surface area (Å²) in [6.07, 6.45) is 5.82. The molecule has 10 nitrogen and oxygen atoms in total. The van der Waals surface area contributed by atoms with Gasteiger partial charge in [0, 0.05) is 30.0 Å². The fourth-order valence-corrected chi connectivity index (χ4v) is 4.35. The van der Waals surface area contributed by atoms with E-state index in [-0.39, 0.29) is 18.3 Å². The summed E-state index contributed by atoms with van der Waals surface area (Å²) in [4.78, 5) is 21.5. The third-order valence-electron chi connectivity index (χ3n) is 6.75. The summed E-state index contributed by atoms with van der Waals surface area (Å²) < 4.78 is 34.3. The van der Waals surface area contributed by atoms with Crippen LogP contribution in [0.25, 0.3) is 22.3 Å². The van der Waals surface area contributed by atoms with Crippen molar-refractivity contribution in [3.05, 3.63) is 83.2 Å². The van der Waals surface area contributed by atoms with Crippen LogP contribution in [0.5, 0.6) is 5.88 Å². The molecular formula is C34H41FN6O4. The minimum atomic E-state index is -0.502. The molecule has 238 valence electrons. The third kappa shape index (κ3) is 8.86. The first-order valence-electron chi connectivity index (χ1n) is 15.1. The van der Waals surface area contributed by atoms with E-state index in [9.17, 15) is 9.18 Å². The summed E-state index contributed by atoms with van der Waals surface area (Å²) in [6.45, 7) is 12.9. The van der Waals surface area contributed by atoms with Gasteiger partial charge in [-0.1, -0.05) is 33.8 Å². The number of methoxy groups -OCH3 is 1. The number of ether oxygens (including phenoxy) is 3. The number of benzene rings is 1. The monoisotopic (exact) mass is 616 g/mol. The molecule has 1 unspecified atom stereocenters. The van der Waals surface area contributed by atoms with Crippen LogP contribution >= 0.6 is 0 Å². The molecule has 4 heterocycles. The van der Waals surface area contributed by atoms with Crippen LogP contribution in [0.3, 0.4) is 0 Å². The molecule has 1 aliphatic heterocycles. The molecule has 1 atom stereocenters. The second-order valence-electron chi connectivity index (χ2n) is 9.76. The van der Waals surface area contributed by atoms with E-state index in [1.54, 1.807) is 42.1 Å². The van der Waals surface area contributed by atoms with Gasteiger partial charge in [0.25, 0.3) is 0 Å². The predicted octanol–water partition coefficient (Wildman–Crippen LogP) is 7.06. The van der Waals surface area contributed by atoms with E-state index in [1.165, 1.54) is 20.1 Å². The molecule has 0 spiro atoms. The lowest BCUT2D eigenvalue weighted by molar-refractivity contribution is -0.0590. The molecule has 0 saturated carbocycles. The summed E-state index contributed by atoms with van der Waals surface area (Å²) >= 11 is 0. The van der Waals surface area contributed by atoms with Gasteiger partial charge in [0.2, 0.25) is 5.88 Å². The first-order chi connectivity index (χ1) is 21.8. The number of imidazole rings is 1. The van der Waals surface area contributed by atoms with Gasteiger partial charge in [-0.3, -0.25) is 4.68 Å². The second-order valence-corrected chi connectivity index (χ2v) is 9.76. The van der Waals surface area contributed by atoms with Gasteiger partial charge in [0.05, 0.1) is 60.9 Å². The number of allylic oxidation sites excluding steroid dienone is 3. The van der Waals surface area contributed by atoms with Crippen molar-refractivity contribution in [3.63, 3.8) is 0 Å². The Morgan fingerprint density at radius 1 is 1.18 bits per heavy atom. The molecule has 1 aliphatic rings. The van der Waals surface area contributed by atoms with Crippen molar-refractivity contribution in [1.82, 2.24) is 24.3 Å². The normalized spacial score (nSPS) is 14.6. The van der Waals surface area contributed by atoms with Crippen molar-refractivity contribution < 1.29 is 23.4 Å². The maximum atomic E-state index is 14.2. The number of nitrogens with zero attached hydrogens (tertiary/aromatic N) is 6. The van der Waals surface area contributed by atoms with E-state index >= 15 is 0 Å². The number of nitriles is 1. The number of hydrogen-bond donors (Lipinski definition) is 0. The molecule has 3 aromatic heterocycles. The topological polar surface area (TPSA) is 117 Å². The third-order valence-corrected chi connectivity index (χ3v) is 6.75. The molecule has 0 aliphatic carbocycles. The second kappa shape index (κ2) is 16.9. The van der Waals surface area contributed by atoms with Gasteiger partial charge in [0.1, 0.15) is 18.3 Å². The predicted molar refractivity (Wildman–Crippen MR) is 171 cm³/mol. The molecule has 0 N–H and O–H groups in total. The number of hydrogen-bond acceptors (Lipinski definition) is 8. The van der Waals surface area contributed by atoms with E-state index in [1.807, 2.05) is 52.1 Å². The lowest BCUT2D eigenvalue weighted by Crippen LogP contribution is -2.32. The number of aromatic nitrogens is 5. The van der Waals surface area contributed by atoms with E-state index in [0.29, 0.717) is 35.8 Å². The van der Waals surface area contributed by atoms with Crippen LogP contribution in [0.1, 0.15) is 64.1 Å². The number of fused-ring (bicyclic) bond motifs is 1.